The Kier molecular flexibility index (Phi) is 5.79. The highest BCUT2D eigenvalue weighted by molar-refractivity contribution is 6.31. The number of urea groups is 1. The van der Waals surface area contributed by atoms with E-state index < -0.39 is 18.1 Å². The number of carboxylic acid groups (broad SMARTS) is 1. The van der Waals surface area contributed by atoms with E-state index in [0.717, 1.165) is 5.56 Å². The van der Waals surface area contributed by atoms with Crippen molar-refractivity contribution in [1.29, 1.82) is 0 Å². The fourth-order valence-electron chi connectivity index (χ4n) is 1.59. The summed E-state index contributed by atoms with van der Waals surface area (Å²) in [5, 5.41) is 20.5. The summed E-state index contributed by atoms with van der Waals surface area (Å²) >= 11 is 6.06. The molecule has 0 fully saturated rings. The van der Waals surface area contributed by atoms with Crippen LogP contribution in [-0.4, -0.2) is 46.8 Å². The van der Waals surface area contributed by atoms with Crippen LogP contribution in [0.15, 0.2) is 24.3 Å². The Labute approximate surface area is 122 Å². The lowest BCUT2D eigenvalue weighted by molar-refractivity contribution is -0.146. The second-order valence-electron chi connectivity index (χ2n) is 4.35. The number of carboxylic acids is 1. The van der Waals surface area contributed by atoms with Gasteiger partial charge in [-0.05, 0) is 18.6 Å². The van der Waals surface area contributed by atoms with Crippen molar-refractivity contribution in [2.45, 2.75) is 19.1 Å². The minimum atomic E-state index is -1.62. The number of amides is 2. The Balaban J connectivity index is 2.65. The van der Waals surface area contributed by atoms with Crippen LogP contribution in [0, 0.1) is 0 Å². The summed E-state index contributed by atoms with van der Waals surface area (Å²) in [5.41, 5.74) is 0.783. The topological polar surface area (TPSA) is 89.9 Å². The zero-order chi connectivity index (χ0) is 15.3. The van der Waals surface area contributed by atoms with E-state index in [4.69, 9.17) is 21.8 Å². The third-order valence-electron chi connectivity index (χ3n) is 2.99. The summed E-state index contributed by atoms with van der Waals surface area (Å²) in [7, 11) is 1.57. The van der Waals surface area contributed by atoms with Gasteiger partial charge in [0.15, 0.2) is 6.10 Å². The molecular formula is C13H17ClN2O4. The van der Waals surface area contributed by atoms with Crippen LogP contribution in [0.5, 0.6) is 0 Å². The Morgan fingerprint density at radius 2 is 2.00 bits per heavy atom. The number of hydrogen-bond acceptors (Lipinski definition) is 3. The number of hydrogen-bond donors (Lipinski definition) is 3. The molecule has 0 saturated carbocycles. The molecule has 0 aliphatic rings. The number of nitrogens with one attached hydrogen (secondary N) is 1. The maximum Gasteiger partial charge on any atom is 0.334 e. The molecule has 1 aromatic rings. The predicted octanol–water partition coefficient (Wildman–Crippen LogP) is 1.49. The molecule has 0 radical (unpaired) electrons. The van der Waals surface area contributed by atoms with E-state index >= 15 is 0 Å². The number of carbonyl (C=O) groups is 2. The van der Waals surface area contributed by atoms with E-state index in [1.807, 2.05) is 12.1 Å². The first kappa shape index (κ1) is 16.3. The van der Waals surface area contributed by atoms with Gasteiger partial charge in [0.1, 0.15) is 0 Å². The van der Waals surface area contributed by atoms with Gasteiger partial charge in [-0.1, -0.05) is 29.8 Å². The highest BCUT2D eigenvalue weighted by Crippen LogP contribution is 2.25. The number of aliphatic hydroxyl groups excluding tert-OH is 1. The highest BCUT2D eigenvalue weighted by atomic mass is 35.5. The molecule has 0 bridgehead atoms. The van der Waals surface area contributed by atoms with Gasteiger partial charge in [-0.2, -0.15) is 0 Å². The predicted molar refractivity (Wildman–Crippen MR) is 74.7 cm³/mol. The van der Waals surface area contributed by atoms with Gasteiger partial charge in [0.25, 0.3) is 0 Å². The molecule has 7 heteroatoms. The molecule has 0 heterocycles. The number of nitrogens with zero attached hydrogens (tertiary/aromatic N) is 1. The van der Waals surface area contributed by atoms with E-state index in [-0.39, 0.29) is 12.6 Å². The lowest BCUT2D eigenvalue weighted by Crippen LogP contribution is -2.43. The van der Waals surface area contributed by atoms with Crippen molar-refractivity contribution in [3.8, 4) is 0 Å². The quantitative estimate of drug-likeness (QED) is 0.768. The van der Waals surface area contributed by atoms with Crippen molar-refractivity contribution in [2.24, 2.45) is 0 Å². The molecule has 1 rings (SSSR count). The van der Waals surface area contributed by atoms with Crippen molar-refractivity contribution < 1.29 is 19.8 Å². The summed E-state index contributed by atoms with van der Waals surface area (Å²) in [6.45, 7) is 1.45. The first-order valence-electron chi connectivity index (χ1n) is 6.00. The van der Waals surface area contributed by atoms with E-state index in [2.05, 4.69) is 5.32 Å². The van der Waals surface area contributed by atoms with Crippen LogP contribution in [0.4, 0.5) is 4.79 Å². The van der Waals surface area contributed by atoms with Crippen molar-refractivity contribution in [3.05, 3.63) is 34.9 Å². The Morgan fingerprint density at radius 1 is 1.40 bits per heavy atom. The van der Waals surface area contributed by atoms with Crippen LogP contribution in [0.2, 0.25) is 5.02 Å². The molecule has 110 valence electrons. The van der Waals surface area contributed by atoms with Crippen molar-refractivity contribution in [2.75, 3.05) is 13.6 Å². The zero-order valence-corrected chi connectivity index (χ0v) is 12.0. The van der Waals surface area contributed by atoms with Crippen LogP contribution in [0.1, 0.15) is 18.5 Å². The summed E-state index contributed by atoms with van der Waals surface area (Å²) < 4.78 is 0. The first-order chi connectivity index (χ1) is 9.34. The number of aliphatic hydroxyl groups is 1. The largest absolute Gasteiger partial charge is 0.479 e. The van der Waals surface area contributed by atoms with Gasteiger partial charge < -0.3 is 20.4 Å². The van der Waals surface area contributed by atoms with E-state index in [1.165, 1.54) is 4.90 Å². The van der Waals surface area contributed by atoms with Gasteiger partial charge >= 0.3 is 12.0 Å². The first-order valence-corrected chi connectivity index (χ1v) is 6.38. The maximum atomic E-state index is 11.9. The lowest BCUT2D eigenvalue weighted by Gasteiger charge is -2.26. The van der Waals surface area contributed by atoms with Gasteiger partial charge in [-0.3, -0.25) is 0 Å². The summed E-state index contributed by atoms with van der Waals surface area (Å²) in [5.74, 6) is -1.38. The number of carbonyl (C=O) groups excluding carboxylic acids is 1. The summed E-state index contributed by atoms with van der Waals surface area (Å²) in [4.78, 5) is 23.7. The minimum Gasteiger partial charge on any atom is -0.479 e. The highest BCUT2D eigenvalue weighted by Gasteiger charge is 2.21. The molecule has 0 aliphatic carbocycles. The van der Waals surface area contributed by atoms with Crippen LogP contribution in [0.25, 0.3) is 0 Å². The van der Waals surface area contributed by atoms with Crippen molar-refractivity contribution in [1.82, 2.24) is 10.2 Å². The molecule has 6 nitrogen and oxygen atoms in total. The number of halogens is 1. The molecule has 2 atom stereocenters. The third kappa shape index (κ3) is 4.11. The molecule has 3 N–H and O–H groups in total. The van der Waals surface area contributed by atoms with Crippen molar-refractivity contribution >= 4 is 23.6 Å². The fraction of sp³-hybridized carbons (Fsp3) is 0.385. The molecule has 2 amide bonds. The number of aliphatic carboxylic acids is 1. The Morgan fingerprint density at radius 3 is 2.55 bits per heavy atom. The smallest absolute Gasteiger partial charge is 0.334 e. The standard InChI is InChI=1S/C13H17ClN2O4/c1-8(9-5-3-4-6-10(9)14)16(2)13(20)15-7-11(17)12(18)19/h3-6,8,11,17H,7H2,1-2H3,(H,15,20)(H,18,19). The molecule has 20 heavy (non-hydrogen) atoms. The molecule has 0 aromatic heterocycles. The maximum absolute atomic E-state index is 11.9. The van der Waals surface area contributed by atoms with Gasteiger partial charge in [0.2, 0.25) is 0 Å². The van der Waals surface area contributed by atoms with Crippen LogP contribution in [0.3, 0.4) is 0 Å². The fourth-order valence-corrected chi connectivity index (χ4v) is 1.89. The van der Waals surface area contributed by atoms with E-state index in [9.17, 15) is 9.59 Å². The third-order valence-corrected chi connectivity index (χ3v) is 3.33. The van der Waals surface area contributed by atoms with Crippen LogP contribution < -0.4 is 5.32 Å². The van der Waals surface area contributed by atoms with Crippen LogP contribution in [-0.2, 0) is 4.79 Å². The average Bonchev–Trinajstić information content (AvgIpc) is 2.43. The van der Waals surface area contributed by atoms with Crippen molar-refractivity contribution in [3.63, 3.8) is 0 Å². The zero-order valence-electron chi connectivity index (χ0n) is 11.2. The molecule has 0 saturated heterocycles. The van der Waals surface area contributed by atoms with Gasteiger partial charge in [0.05, 0.1) is 12.6 Å². The van der Waals surface area contributed by atoms with Gasteiger partial charge in [0, 0.05) is 12.1 Å². The molecular weight excluding hydrogens is 284 g/mol. The van der Waals surface area contributed by atoms with E-state index in [1.54, 1.807) is 26.1 Å². The monoisotopic (exact) mass is 300 g/mol. The Hall–Kier alpha value is -1.79. The molecule has 0 aliphatic heterocycles. The van der Waals surface area contributed by atoms with E-state index in [0.29, 0.717) is 5.02 Å². The SMILES string of the molecule is CC(c1ccccc1Cl)N(C)C(=O)NCC(O)C(=O)O. The van der Waals surface area contributed by atoms with Gasteiger partial charge in [-0.15, -0.1) is 0 Å². The second-order valence-corrected chi connectivity index (χ2v) is 4.76. The number of rotatable bonds is 5. The molecule has 1 aromatic carbocycles. The number of benzene rings is 1. The minimum absolute atomic E-state index is 0.286. The summed E-state index contributed by atoms with van der Waals surface area (Å²) in [6, 6.07) is 6.37. The van der Waals surface area contributed by atoms with Gasteiger partial charge in [-0.25, -0.2) is 9.59 Å². The lowest BCUT2D eigenvalue weighted by atomic mass is 10.1. The summed E-state index contributed by atoms with van der Waals surface area (Å²) in [6.07, 6.45) is -1.62. The normalized spacial score (nSPS) is 13.4. The average molecular weight is 301 g/mol. The Bertz CT molecular complexity index is 495. The van der Waals surface area contributed by atoms with Crippen LogP contribution >= 0.6 is 11.6 Å². The second kappa shape index (κ2) is 7.12. The molecule has 0 spiro atoms. The molecule has 2 unspecified atom stereocenters.